The summed E-state index contributed by atoms with van der Waals surface area (Å²) in [7, 11) is 1.27. The lowest BCUT2D eigenvalue weighted by Crippen LogP contribution is -2.63. The zero-order valence-corrected chi connectivity index (χ0v) is 19.4. The molecule has 178 valence electrons. The standard InChI is InChI=1S/C23H31FN6O3/c1-11-5-15(30-29-11)25-19-16(24)17(12(2)20(31)33-4)26-21(28-19)27-18-14-6-13-7-22(18,3)10-23(32,8-13)9-14/h5,12-14,18,32H,6-10H2,1-4H3,(H3,25,26,27,28,29,30). The maximum atomic E-state index is 15.4. The number of esters is 1. The van der Waals surface area contributed by atoms with Crippen LogP contribution in [-0.2, 0) is 9.53 Å². The summed E-state index contributed by atoms with van der Waals surface area (Å²) in [5, 5.41) is 24.3. The molecule has 4 aliphatic carbocycles. The molecule has 0 amide bonds. The van der Waals surface area contributed by atoms with Crippen molar-refractivity contribution in [2.75, 3.05) is 17.7 Å². The smallest absolute Gasteiger partial charge is 0.314 e. The second-order valence-corrected chi connectivity index (χ2v) is 10.6. The lowest BCUT2D eigenvalue weighted by molar-refractivity contribution is -0.163. The van der Waals surface area contributed by atoms with Crippen LogP contribution in [0.5, 0.6) is 0 Å². The van der Waals surface area contributed by atoms with Gasteiger partial charge in [0, 0.05) is 17.8 Å². The molecule has 4 bridgehead atoms. The van der Waals surface area contributed by atoms with Crippen LogP contribution in [0.2, 0.25) is 0 Å². The fourth-order valence-electron chi connectivity index (χ4n) is 6.77. The van der Waals surface area contributed by atoms with Crippen molar-refractivity contribution in [3.05, 3.63) is 23.3 Å². The molecule has 0 radical (unpaired) electrons. The van der Waals surface area contributed by atoms with Gasteiger partial charge in [0.25, 0.3) is 0 Å². The van der Waals surface area contributed by atoms with Crippen molar-refractivity contribution < 1.29 is 19.0 Å². The minimum absolute atomic E-state index is 0.0401. The number of carbonyl (C=O) groups excluding carboxylic acids is 1. The second kappa shape index (κ2) is 7.65. The van der Waals surface area contributed by atoms with E-state index in [9.17, 15) is 9.90 Å². The molecule has 0 spiro atoms. The quantitative estimate of drug-likeness (QED) is 0.486. The molecule has 10 heteroatoms. The summed E-state index contributed by atoms with van der Waals surface area (Å²) < 4.78 is 20.2. The molecule has 2 aromatic heterocycles. The van der Waals surface area contributed by atoms with E-state index in [2.05, 4.69) is 37.7 Å². The number of aromatic nitrogens is 4. The van der Waals surface area contributed by atoms with E-state index >= 15 is 4.39 Å². The molecule has 0 aromatic carbocycles. The molecule has 2 aromatic rings. The van der Waals surface area contributed by atoms with Gasteiger partial charge in [0.05, 0.1) is 24.3 Å². The molecule has 4 N–H and O–H groups in total. The van der Waals surface area contributed by atoms with Gasteiger partial charge in [-0.05, 0) is 63.2 Å². The summed E-state index contributed by atoms with van der Waals surface area (Å²) >= 11 is 0. The Morgan fingerprint density at radius 2 is 2.15 bits per heavy atom. The molecule has 0 aliphatic heterocycles. The monoisotopic (exact) mass is 458 g/mol. The van der Waals surface area contributed by atoms with Crippen LogP contribution in [0, 0.1) is 30.0 Å². The molecule has 9 nitrogen and oxygen atoms in total. The number of hydrogen-bond donors (Lipinski definition) is 4. The first-order valence-corrected chi connectivity index (χ1v) is 11.5. The van der Waals surface area contributed by atoms with Gasteiger partial charge < -0.3 is 20.5 Å². The first kappa shape index (κ1) is 22.1. The van der Waals surface area contributed by atoms with Crippen LogP contribution in [0.15, 0.2) is 6.07 Å². The Balaban J connectivity index is 1.50. The largest absolute Gasteiger partial charge is 0.469 e. The number of anilines is 3. The lowest BCUT2D eigenvalue weighted by Gasteiger charge is -2.63. The maximum absolute atomic E-state index is 15.4. The third kappa shape index (κ3) is 3.84. The van der Waals surface area contributed by atoms with E-state index in [4.69, 9.17) is 4.74 Å². The van der Waals surface area contributed by atoms with Gasteiger partial charge in [-0.1, -0.05) is 6.92 Å². The summed E-state index contributed by atoms with van der Waals surface area (Å²) in [5.74, 6) is -0.767. The van der Waals surface area contributed by atoms with Gasteiger partial charge in [0.2, 0.25) is 5.95 Å². The third-order valence-corrected chi connectivity index (χ3v) is 7.74. The molecule has 6 rings (SSSR count). The number of methoxy groups -OCH3 is 1. The van der Waals surface area contributed by atoms with Gasteiger partial charge in [0.1, 0.15) is 0 Å². The number of aliphatic hydroxyl groups is 1. The number of hydrogen-bond acceptors (Lipinski definition) is 8. The molecule has 33 heavy (non-hydrogen) atoms. The van der Waals surface area contributed by atoms with Gasteiger partial charge in [-0.15, -0.1) is 0 Å². The average molecular weight is 459 g/mol. The van der Waals surface area contributed by atoms with Crippen molar-refractivity contribution in [2.24, 2.45) is 17.3 Å². The summed E-state index contributed by atoms with van der Waals surface area (Å²) in [4.78, 5) is 21.0. The van der Waals surface area contributed by atoms with Crippen LogP contribution in [0.25, 0.3) is 0 Å². The lowest BCUT2D eigenvalue weighted by atomic mass is 9.46. The Kier molecular flexibility index (Phi) is 5.11. The topological polar surface area (TPSA) is 125 Å². The fraction of sp³-hybridized carbons (Fsp3) is 0.652. The Bertz CT molecular complexity index is 1090. The first-order chi connectivity index (χ1) is 15.6. The zero-order chi connectivity index (χ0) is 23.5. The number of nitrogens with zero attached hydrogens (tertiary/aromatic N) is 3. The first-order valence-electron chi connectivity index (χ1n) is 11.5. The van der Waals surface area contributed by atoms with Crippen LogP contribution in [0.4, 0.5) is 22.0 Å². The molecular formula is C23H31FN6O3. The Hall–Kier alpha value is -2.75. The normalized spacial score (nSPS) is 33.1. The highest BCUT2D eigenvalue weighted by Gasteiger charge is 2.60. The van der Waals surface area contributed by atoms with Gasteiger partial charge >= 0.3 is 5.97 Å². The Morgan fingerprint density at radius 1 is 1.36 bits per heavy atom. The third-order valence-electron chi connectivity index (χ3n) is 7.74. The minimum atomic E-state index is -0.908. The van der Waals surface area contributed by atoms with Crippen molar-refractivity contribution in [1.29, 1.82) is 0 Å². The van der Waals surface area contributed by atoms with Crippen LogP contribution in [0.3, 0.4) is 0 Å². The van der Waals surface area contributed by atoms with Gasteiger partial charge in [-0.2, -0.15) is 10.1 Å². The molecule has 4 saturated carbocycles. The van der Waals surface area contributed by atoms with Crippen molar-refractivity contribution in [3.8, 4) is 0 Å². The summed E-state index contributed by atoms with van der Waals surface area (Å²) in [6.45, 7) is 5.61. The number of halogens is 1. The SMILES string of the molecule is COC(=O)C(C)c1nc(NC2C3CC4CC(O)(C3)CC2(C)C4)nc(Nc2cc(C)[nH]n2)c1F. The van der Waals surface area contributed by atoms with Crippen molar-refractivity contribution in [2.45, 2.75) is 70.4 Å². The maximum Gasteiger partial charge on any atom is 0.314 e. The highest BCUT2D eigenvalue weighted by Crippen LogP contribution is 2.61. The van der Waals surface area contributed by atoms with Crippen molar-refractivity contribution >= 4 is 23.6 Å². The number of aromatic amines is 1. The van der Waals surface area contributed by atoms with Crippen LogP contribution < -0.4 is 10.6 Å². The van der Waals surface area contributed by atoms with Crippen LogP contribution in [-0.4, -0.2) is 50.0 Å². The Labute approximate surface area is 191 Å². The van der Waals surface area contributed by atoms with Gasteiger partial charge in [-0.25, -0.2) is 9.37 Å². The summed E-state index contributed by atoms with van der Waals surface area (Å²) in [6, 6.07) is 1.79. The number of rotatable bonds is 6. The average Bonchev–Trinajstić information content (AvgIpc) is 3.14. The Morgan fingerprint density at radius 3 is 2.79 bits per heavy atom. The van der Waals surface area contributed by atoms with E-state index in [1.165, 1.54) is 7.11 Å². The molecule has 6 unspecified atom stereocenters. The summed E-state index contributed by atoms with van der Waals surface area (Å²) in [6.07, 6.45) is 4.46. The van der Waals surface area contributed by atoms with E-state index in [0.717, 1.165) is 37.8 Å². The van der Waals surface area contributed by atoms with E-state index in [1.54, 1.807) is 13.0 Å². The van der Waals surface area contributed by atoms with Crippen LogP contribution in [0.1, 0.15) is 63.3 Å². The number of carbonyl (C=O) groups is 1. The molecule has 4 aliphatic rings. The number of H-pyrrole nitrogens is 1. The molecule has 4 fully saturated rings. The molecule has 0 saturated heterocycles. The number of ether oxygens (including phenoxy) is 1. The highest BCUT2D eigenvalue weighted by molar-refractivity contribution is 5.77. The van der Waals surface area contributed by atoms with E-state index in [-0.39, 0.29) is 28.9 Å². The fourth-order valence-corrected chi connectivity index (χ4v) is 6.77. The summed E-state index contributed by atoms with van der Waals surface area (Å²) in [5.41, 5.74) is 0.0874. The van der Waals surface area contributed by atoms with Gasteiger partial charge in [0.15, 0.2) is 17.5 Å². The number of aryl methyl sites for hydroxylation is 1. The van der Waals surface area contributed by atoms with E-state index < -0.39 is 23.3 Å². The second-order valence-electron chi connectivity index (χ2n) is 10.6. The molecular weight excluding hydrogens is 427 g/mol. The van der Waals surface area contributed by atoms with Gasteiger partial charge in [-0.3, -0.25) is 9.89 Å². The van der Waals surface area contributed by atoms with E-state index in [0.29, 0.717) is 17.7 Å². The molecule has 2 heterocycles. The van der Waals surface area contributed by atoms with Crippen molar-refractivity contribution in [1.82, 2.24) is 20.2 Å². The zero-order valence-electron chi connectivity index (χ0n) is 19.4. The number of nitrogens with one attached hydrogen (secondary N) is 3. The molecule has 6 atom stereocenters. The van der Waals surface area contributed by atoms with Crippen molar-refractivity contribution in [3.63, 3.8) is 0 Å². The predicted octanol–water partition coefficient (Wildman–Crippen LogP) is 3.41. The van der Waals surface area contributed by atoms with Crippen LogP contribution >= 0.6 is 0 Å². The minimum Gasteiger partial charge on any atom is -0.469 e. The highest BCUT2D eigenvalue weighted by atomic mass is 19.1. The van der Waals surface area contributed by atoms with E-state index in [1.807, 2.05) is 6.92 Å². The predicted molar refractivity (Wildman–Crippen MR) is 120 cm³/mol.